The van der Waals surface area contributed by atoms with Crippen LogP contribution in [-0.2, 0) is 19.7 Å². The lowest BCUT2D eigenvalue weighted by molar-refractivity contribution is -0.0444. The molecule has 2 aliphatic rings. The maximum Gasteiger partial charge on any atom is 0.279 e. The summed E-state index contributed by atoms with van der Waals surface area (Å²) in [7, 11) is -3.60. The summed E-state index contributed by atoms with van der Waals surface area (Å²) in [6, 6.07) is 7.45. The molecule has 0 bridgehead atoms. The largest absolute Gasteiger partial charge is 0.379 e. The first-order valence-electron chi connectivity index (χ1n) is 9.33. The number of ether oxygens (including phenoxy) is 2. The Morgan fingerprint density at radius 3 is 2.44 bits per heavy atom. The summed E-state index contributed by atoms with van der Waals surface area (Å²) in [6.45, 7) is 7.48. The fraction of sp³-hybridized carbons (Fsp3) is 0.667. The highest BCUT2D eigenvalue weighted by Gasteiger charge is 2.32. The number of benzene rings is 1. The number of halogens is 1. The quantitative estimate of drug-likeness (QED) is 0.762. The second-order valence-corrected chi connectivity index (χ2v) is 9.28. The van der Waals surface area contributed by atoms with E-state index in [-0.39, 0.29) is 24.8 Å². The standard InChI is InChI=1S/C18H28ClN3O4S/c1-14-12-22(13-15(2)26-14)27(23,24)20-11-18(21-7-9-25-10-8-21)16-5-3-4-6-17(16)19/h3-6,14-15,18,20H,7-13H2,1-2H3/t14-,15-,18+/m1/s1. The lowest BCUT2D eigenvalue weighted by Gasteiger charge is -2.37. The molecule has 3 rings (SSSR count). The minimum atomic E-state index is -3.60. The summed E-state index contributed by atoms with van der Waals surface area (Å²) in [5.74, 6) is 0. The molecular weight excluding hydrogens is 390 g/mol. The van der Waals surface area contributed by atoms with E-state index in [0.29, 0.717) is 31.3 Å². The first-order chi connectivity index (χ1) is 12.9. The highest BCUT2D eigenvalue weighted by Crippen LogP contribution is 2.28. The van der Waals surface area contributed by atoms with Gasteiger partial charge in [0.2, 0.25) is 0 Å². The van der Waals surface area contributed by atoms with E-state index in [2.05, 4.69) is 9.62 Å². The molecule has 9 heteroatoms. The van der Waals surface area contributed by atoms with Crippen molar-refractivity contribution in [2.45, 2.75) is 32.1 Å². The lowest BCUT2D eigenvalue weighted by atomic mass is 10.0. The van der Waals surface area contributed by atoms with E-state index in [1.807, 2.05) is 38.1 Å². The molecule has 0 spiro atoms. The van der Waals surface area contributed by atoms with Gasteiger partial charge in [-0.15, -0.1) is 0 Å². The normalized spacial score (nSPS) is 26.8. The van der Waals surface area contributed by atoms with Crippen LogP contribution < -0.4 is 4.72 Å². The Kier molecular flexibility index (Phi) is 7.13. The first kappa shape index (κ1) is 21.0. The number of hydrogen-bond donors (Lipinski definition) is 1. The first-order valence-corrected chi connectivity index (χ1v) is 11.1. The fourth-order valence-corrected chi connectivity index (χ4v) is 5.30. The van der Waals surface area contributed by atoms with Crippen LogP contribution in [0.1, 0.15) is 25.5 Å². The molecule has 2 fully saturated rings. The Bertz CT molecular complexity index is 717. The minimum Gasteiger partial charge on any atom is -0.379 e. The van der Waals surface area contributed by atoms with Crippen molar-refractivity contribution >= 4 is 21.8 Å². The number of nitrogens with zero attached hydrogens (tertiary/aromatic N) is 2. The molecule has 0 unspecified atom stereocenters. The Labute approximate surface area is 166 Å². The second kappa shape index (κ2) is 9.17. The molecular formula is C18H28ClN3O4S. The van der Waals surface area contributed by atoms with Crippen LogP contribution in [0.2, 0.25) is 5.02 Å². The van der Waals surface area contributed by atoms with Crippen molar-refractivity contribution < 1.29 is 17.9 Å². The molecule has 3 atom stereocenters. The van der Waals surface area contributed by atoms with Crippen molar-refractivity contribution in [2.75, 3.05) is 45.9 Å². The molecule has 0 radical (unpaired) electrons. The molecule has 152 valence electrons. The van der Waals surface area contributed by atoms with Gasteiger partial charge < -0.3 is 9.47 Å². The van der Waals surface area contributed by atoms with Crippen molar-refractivity contribution in [3.63, 3.8) is 0 Å². The summed E-state index contributed by atoms with van der Waals surface area (Å²) in [5.41, 5.74) is 0.924. The number of rotatable bonds is 6. The molecule has 1 N–H and O–H groups in total. The summed E-state index contributed by atoms with van der Waals surface area (Å²) in [5, 5.41) is 0.641. The topological polar surface area (TPSA) is 71.1 Å². The average molecular weight is 418 g/mol. The zero-order valence-corrected chi connectivity index (χ0v) is 17.4. The number of morpholine rings is 2. The maximum absolute atomic E-state index is 12.9. The van der Waals surface area contributed by atoms with Crippen LogP contribution in [0.4, 0.5) is 0 Å². The predicted octanol–water partition coefficient (Wildman–Crippen LogP) is 1.66. The molecule has 1 aromatic rings. The number of nitrogens with one attached hydrogen (secondary N) is 1. The Balaban J connectivity index is 1.75. The molecule has 0 aromatic heterocycles. The van der Waals surface area contributed by atoms with Gasteiger partial charge in [-0.2, -0.15) is 12.7 Å². The third-order valence-electron chi connectivity index (χ3n) is 4.94. The van der Waals surface area contributed by atoms with Gasteiger partial charge in [-0.1, -0.05) is 29.8 Å². The van der Waals surface area contributed by atoms with Gasteiger partial charge in [-0.3, -0.25) is 4.90 Å². The van der Waals surface area contributed by atoms with E-state index in [9.17, 15) is 8.42 Å². The lowest BCUT2D eigenvalue weighted by Crippen LogP contribution is -2.53. The van der Waals surface area contributed by atoms with Gasteiger partial charge in [-0.25, -0.2) is 4.72 Å². The van der Waals surface area contributed by atoms with E-state index in [0.717, 1.165) is 18.7 Å². The van der Waals surface area contributed by atoms with Crippen LogP contribution >= 0.6 is 11.6 Å². The van der Waals surface area contributed by atoms with Gasteiger partial charge in [-0.05, 0) is 25.5 Å². The van der Waals surface area contributed by atoms with E-state index in [1.165, 1.54) is 4.31 Å². The SMILES string of the molecule is C[C@@H]1CN(S(=O)(=O)NC[C@@H](c2ccccc2Cl)N2CCOCC2)C[C@@H](C)O1. The van der Waals surface area contributed by atoms with Gasteiger partial charge in [0.25, 0.3) is 10.2 Å². The second-order valence-electron chi connectivity index (χ2n) is 7.11. The average Bonchev–Trinajstić information content (AvgIpc) is 2.63. The van der Waals surface area contributed by atoms with Crippen molar-refractivity contribution in [2.24, 2.45) is 0 Å². The Hall–Kier alpha value is -0.740. The molecule has 2 aliphatic heterocycles. The summed E-state index contributed by atoms with van der Waals surface area (Å²) >= 11 is 6.41. The van der Waals surface area contributed by atoms with Crippen LogP contribution in [0, 0.1) is 0 Å². The van der Waals surface area contributed by atoms with Gasteiger partial charge in [0.15, 0.2) is 0 Å². The van der Waals surface area contributed by atoms with Gasteiger partial charge >= 0.3 is 0 Å². The summed E-state index contributed by atoms with van der Waals surface area (Å²) in [6.07, 6.45) is -0.243. The maximum atomic E-state index is 12.9. The fourth-order valence-electron chi connectivity index (χ4n) is 3.67. The Morgan fingerprint density at radius 1 is 1.19 bits per heavy atom. The van der Waals surface area contributed by atoms with E-state index >= 15 is 0 Å². The molecule has 0 saturated carbocycles. The Morgan fingerprint density at radius 2 is 1.81 bits per heavy atom. The third kappa shape index (κ3) is 5.41. The van der Waals surface area contributed by atoms with Crippen LogP contribution in [0.5, 0.6) is 0 Å². The van der Waals surface area contributed by atoms with Crippen molar-refractivity contribution in [1.29, 1.82) is 0 Å². The molecule has 2 heterocycles. The zero-order valence-electron chi connectivity index (χ0n) is 15.8. The smallest absolute Gasteiger partial charge is 0.279 e. The van der Waals surface area contributed by atoms with E-state index in [1.54, 1.807) is 0 Å². The molecule has 0 aliphatic carbocycles. The zero-order chi connectivity index (χ0) is 19.4. The molecule has 7 nitrogen and oxygen atoms in total. The van der Waals surface area contributed by atoms with Crippen molar-refractivity contribution in [1.82, 2.24) is 13.9 Å². The monoisotopic (exact) mass is 417 g/mol. The van der Waals surface area contributed by atoms with Crippen LogP contribution in [0.25, 0.3) is 0 Å². The third-order valence-corrected chi connectivity index (χ3v) is 6.79. The van der Waals surface area contributed by atoms with Gasteiger partial charge in [0.05, 0.1) is 31.5 Å². The molecule has 0 amide bonds. The van der Waals surface area contributed by atoms with E-state index < -0.39 is 10.2 Å². The molecule has 27 heavy (non-hydrogen) atoms. The predicted molar refractivity (Wildman–Crippen MR) is 105 cm³/mol. The highest BCUT2D eigenvalue weighted by molar-refractivity contribution is 7.87. The summed E-state index contributed by atoms with van der Waals surface area (Å²) in [4.78, 5) is 2.22. The van der Waals surface area contributed by atoms with Crippen LogP contribution in [0.3, 0.4) is 0 Å². The van der Waals surface area contributed by atoms with Crippen molar-refractivity contribution in [3.8, 4) is 0 Å². The van der Waals surface area contributed by atoms with Crippen LogP contribution in [-0.4, -0.2) is 75.8 Å². The van der Waals surface area contributed by atoms with E-state index in [4.69, 9.17) is 21.1 Å². The minimum absolute atomic E-state index is 0.121. The van der Waals surface area contributed by atoms with Crippen molar-refractivity contribution in [3.05, 3.63) is 34.9 Å². The number of hydrogen-bond acceptors (Lipinski definition) is 5. The summed E-state index contributed by atoms with van der Waals surface area (Å²) < 4.78 is 41.1. The highest BCUT2D eigenvalue weighted by atomic mass is 35.5. The van der Waals surface area contributed by atoms with Gasteiger partial charge in [0.1, 0.15) is 0 Å². The molecule has 2 saturated heterocycles. The molecule has 1 aromatic carbocycles. The van der Waals surface area contributed by atoms with Crippen LogP contribution in [0.15, 0.2) is 24.3 Å². The van der Waals surface area contributed by atoms with Gasteiger partial charge in [0, 0.05) is 37.7 Å².